The largest absolute Gasteiger partial charge is 0.493 e. The highest BCUT2D eigenvalue weighted by atomic mass is 32.2. The molecule has 1 amide bonds. The number of ether oxygens (including phenoxy) is 2. The van der Waals surface area contributed by atoms with Crippen molar-refractivity contribution in [2.24, 2.45) is 0 Å². The van der Waals surface area contributed by atoms with Crippen molar-refractivity contribution in [1.29, 1.82) is 0 Å². The molecule has 27 heavy (non-hydrogen) atoms. The SMILES string of the molecule is COc1ccc(C2CSc3ccccc3N(CCN(C)C)C2=O)cc1OC. The lowest BCUT2D eigenvalue weighted by Crippen LogP contribution is -2.39. The van der Waals surface area contributed by atoms with Gasteiger partial charge in [0.1, 0.15) is 0 Å². The van der Waals surface area contributed by atoms with Gasteiger partial charge in [-0.05, 0) is 43.9 Å². The number of carbonyl (C=O) groups is 1. The molecule has 1 heterocycles. The topological polar surface area (TPSA) is 42.0 Å². The molecule has 1 atom stereocenters. The molecular weight excluding hydrogens is 360 g/mol. The quantitative estimate of drug-likeness (QED) is 0.760. The van der Waals surface area contributed by atoms with Gasteiger partial charge in [-0.2, -0.15) is 0 Å². The summed E-state index contributed by atoms with van der Waals surface area (Å²) in [6.45, 7) is 1.47. The van der Waals surface area contributed by atoms with Gasteiger partial charge in [0.2, 0.25) is 5.91 Å². The van der Waals surface area contributed by atoms with Crippen molar-refractivity contribution >= 4 is 23.4 Å². The molecule has 0 saturated carbocycles. The fraction of sp³-hybridized carbons (Fsp3) is 0.381. The first-order chi connectivity index (χ1) is 13.0. The number of benzene rings is 2. The third-order valence-electron chi connectivity index (χ3n) is 4.71. The van der Waals surface area contributed by atoms with Crippen molar-refractivity contribution in [3.63, 3.8) is 0 Å². The Morgan fingerprint density at radius 1 is 1.11 bits per heavy atom. The standard InChI is InChI=1S/C21H26N2O3S/c1-22(2)11-12-23-17-7-5-6-8-20(17)27-14-16(21(23)24)15-9-10-18(25-3)19(13-15)26-4/h5-10,13,16H,11-12,14H2,1-4H3. The number of likely N-dealkylation sites (N-methyl/N-ethyl adjacent to an activating group) is 1. The molecular formula is C21H26N2O3S. The van der Waals surface area contributed by atoms with E-state index in [9.17, 15) is 4.79 Å². The van der Waals surface area contributed by atoms with Crippen molar-refractivity contribution in [2.45, 2.75) is 10.8 Å². The summed E-state index contributed by atoms with van der Waals surface area (Å²) in [5.74, 6) is 1.91. The van der Waals surface area contributed by atoms with Gasteiger partial charge < -0.3 is 19.3 Å². The first-order valence-electron chi connectivity index (χ1n) is 8.95. The van der Waals surface area contributed by atoms with E-state index in [1.54, 1.807) is 26.0 Å². The van der Waals surface area contributed by atoms with Crippen molar-refractivity contribution in [2.75, 3.05) is 52.1 Å². The van der Waals surface area contributed by atoms with Crippen molar-refractivity contribution in [1.82, 2.24) is 4.90 Å². The van der Waals surface area contributed by atoms with Crippen LogP contribution < -0.4 is 14.4 Å². The average molecular weight is 387 g/mol. The van der Waals surface area contributed by atoms with Crippen molar-refractivity contribution < 1.29 is 14.3 Å². The van der Waals surface area contributed by atoms with Crippen LogP contribution in [0.4, 0.5) is 5.69 Å². The highest BCUT2D eigenvalue weighted by Gasteiger charge is 2.32. The van der Waals surface area contributed by atoms with Crippen LogP contribution in [0.1, 0.15) is 11.5 Å². The van der Waals surface area contributed by atoms with Gasteiger partial charge in [0, 0.05) is 23.7 Å². The molecule has 0 spiro atoms. The Hall–Kier alpha value is -2.18. The summed E-state index contributed by atoms with van der Waals surface area (Å²) >= 11 is 1.73. The molecule has 0 saturated heterocycles. The zero-order valence-electron chi connectivity index (χ0n) is 16.3. The van der Waals surface area contributed by atoms with E-state index in [0.717, 1.165) is 22.7 Å². The molecule has 3 rings (SSSR count). The second-order valence-corrected chi connectivity index (χ2v) is 7.80. The van der Waals surface area contributed by atoms with E-state index >= 15 is 0 Å². The normalized spacial score (nSPS) is 16.9. The first kappa shape index (κ1) is 19.6. The van der Waals surface area contributed by atoms with Crippen molar-refractivity contribution in [3.8, 4) is 11.5 Å². The smallest absolute Gasteiger partial charge is 0.235 e. The Morgan fingerprint density at radius 3 is 2.56 bits per heavy atom. The Labute approximate surface area is 165 Å². The summed E-state index contributed by atoms with van der Waals surface area (Å²) in [7, 11) is 7.28. The molecule has 5 nitrogen and oxygen atoms in total. The average Bonchev–Trinajstić information content (AvgIpc) is 2.82. The van der Waals surface area contributed by atoms with Crippen LogP contribution in [0.3, 0.4) is 0 Å². The Morgan fingerprint density at radius 2 is 1.85 bits per heavy atom. The number of hydrogen-bond donors (Lipinski definition) is 0. The summed E-state index contributed by atoms with van der Waals surface area (Å²) in [5.41, 5.74) is 1.95. The lowest BCUT2D eigenvalue weighted by atomic mass is 9.98. The lowest BCUT2D eigenvalue weighted by molar-refractivity contribution is -0.119. The van der Waals surface area contributed by atoms with Gasteiger partial charge in [-0.15, -0.1) is 11.8 Å². The zero-order valence-corrected chi connectivity index (χ0v) is 17.1. The first-order valence-corrected chi connectivity index (χ1v) is 9.93. The van der Waals surface area contributed by atoms with Crippen LogP contribution in [0, 0.1) is 0 Å². The number of amides is 1. The number of anilines is 1. The summed E-state index contributed by atoms with van der Waals surface area (Å²) in [6, 6.07) is 13.9. The van der Waals surface area contributed by atoms with E-state index in [1.165, 1.54) is 0 Å². The fourth-order valence-electron chi connectivity index (χ4n) is 3.19. The number of carbonyl (C=O) groups excluding carboxylic acids is 1. The van der Waals surface area contributed by atoms with Gasteiger partial charge in [-0.3, -0.25) is 4.79 Å². The van der Waals surface area contributed by atoms with E-state index in [2.05, 4.69) is 11.0 Å². The van der Waals surface area contributed by atoms with Gasteiger partial charge in [-0.25, -0.2) is 0 Å². The molecule has 0 fully saturated rings. The second kappa shape index (κ2) is 8.67. The molecule has 6 heteroatoms. The van der Waals surface area contributed by atoms with Crippen LogP contribution >= 0.6 is 11.8 Å². The number of thioether (sulfide) groups is 1. The Kier molecular flexibility index (Phi) is 6.29. The van der Waals surface area contributed by atoms with E-state index in [1.807, 2.05) is 55.4 Å². The monoisotopic (exact) mass is 386 g/mol. The molecule has 1 unspecified atom stereocenters. The zero-order chi connectivity index (χ0) is 19.4. The van der Waals surface area contributed by atoms with E-state index in [4.69, 9.17) is 9.47 Å². The maximum atomic E-state index is 13.5. The minimum Gasteiger partial charge on any atom is -0.493 e. The highest BCUT2D eigenvalue weighted by molar-refractivity contribution is 7.99. The third-order valence-corrected chi connectivity index (χ3v) is 5.86. The van der Waals surface area contributed by atoms with Crippen LogP contribution in [-0.4, -0.2) is 58.0 Å². The molecule has 0 aromatic heterocycles. The molecule has 0 bridgehead atoms. The van der Waals surface area contributed by atoms with E-state index < -0.39 is 0 Å². The van der Waals surface area contributed by atoms with E-state index in [-0.39, 0.29) is 11.8 Å². The minimum absolute atomic E-state index is 0.126. The van der Waals surface area contributed by atoms with Crippen LogP contribution in [0.2, 0.25) is 0 Å². The molecule has 0 radical (unpaired) electrons. The summed E-state index contributed by atoms with van der Waals surface area (Å²) in [6.07, 6.45) is 0. The molecule has 1 aliphatic rings. The molecule has 1 aliphatic heterocycles. The van der Waals surface area contributed by atoms with E-state index in [0.29, 0.717) is 23.8 Å². The predicted molar refractivity (Wildman–Crippen MR) is 110 cm³/mol. The number of nitrogens with zero attached hydrogens (tertiary/aromatic N) is 2. The van der Waals surface area contributed by atoms with Gasteiger partial charge in [0.25, 0.3) is 0 Å². The van der Waals surface area contributed by atoms with Crippen LogP contribution in [0.5, 0.6) is 11.5 Å². The highest BCUT2D eigenvalue weighted by Crippen LogP contribution is 2.40. The molecule has 2 aromatic rings. The summed E-state index contributed by atoms with van der Waals surface area (Å²) < 4.78 is 10.8. The van der Waals surface area contributed by atoms with Crippen LogP contribution in [0.15, 0.2) is 47.4 Å². The number of para-hydroxylation sites is 1. The van der Waals surface area contributed by atoms with Crippen LogP contribution in [-0.2, 0) is 4.79 Å². The van der Waals surface area contributed by atoms with Gasteiger partial charge in [0.15, 0.2) is 11.5 Å². The maximum absolute atomic E-state index is 13.5. The molecule has 0 aliphatic carbocycles. The Bertz CT molecular complexity index is 810. The molecule has 0 N–H and O–H groups in total. The summed E-state index contributed by atoms with van der Waals surface area (Å²) in [5, 5.41) is 0. The van der Waals surface area contributed by atoms with Gasteiger partial charge in [0.05, 0.1) is 25.8 Å². The number of rotatable bonds is 6. The van der Waals surface area contributed by atoms with Crippen LogP contribution in [0.25, 0.3) is 0 Å². The fourth-order valence-corrected chi connectivity index (χ4v) is 4.37. The third kappa shape index (κ3) is 4.22. The molecule has 2 aromatic carbocycles. The predicted octanol–water partition coefficient (Wildman–Crippen LogP) is 3.49. The minimum atomic E-state index is -0.232. The lowest BCUT2D eigenvalue weighted by Gasteiger charge is -2.27. The number of hydrogen-bond acceptors (Lipinski definition) is 5. The summed E-state index contributed by atoms with van der Waals surface area (Å²) in [4.78, 5) is 18.7. The second-order valence-electron chi connectivity index (χ2n) is 6.74. The Balaban J connectivity index is 1.97. The maximum Gasteiger partial charge on any atom is 0.235 e. The molecule has 144 valence electrons. The number of fused-ring (bicyclic) bond motifs is 1. The van der Waals surface area contributed by atoms with Crippen molar-refractivity contribution in [3.05, 3.63) is 48.0 Å². The number of methoxy groups -OCH3 is 2. The van der Waals surface area contributed by atoms with Gasteiger partial charge in [-0.1, -0.05) is 18.2 Å². The van der Waals surface area contributed by atoms with Gasteiger partial charge >= 0.3 is 0 Å².